The monoisotopic (exact) mass is 456 g/mol. The van der Waals surface area contributed by atoms with Crippen LogP contribution >= 0.6 is 0 Å². The third-order valence-electron chi connectivity index (χ3n) is 5.30. The van der Waals surface area contributed by atoms with E-state index < -0.39 is 29.0 Å². The summed E-state index contributed by atoms with van der Waals surface area (Å²) in [7, 11) is 3.17. The Morgan fingerprint density at radius 3 is 2.62 bits per heavy atom. The molecule has 2 aromatic carbocycles. The molecule has 0 aliphatic carbocycles. The summed E-state index contributed by atoms with van der Waals surface area (Å²) in [6.07, 6.45) is 2.48. The minimum atomic E-state index is -0.796. The van der Waals surface area contributed by atoms with E-state index in [-0.39, 0.29) is 11.6 Å². The number of nitrogens with one attached hydrogen (secondary N) is 1. The van der Waals surface area contributed by atoms with Crippen molar-refractivity contribution in [1.29, 1.82) is 5.26 Å². The van der Waals surface area contributed by atoms with Crippen molar-refractivity contribution in [2.45, 2.75) is 6.04 Å². The zero-order valence-corrected chi connectivity index (χ0v) is 18.3. The molecule has 0 fully saturated rings. The first kappa shape index (κ1) is 22.3. The number of hydrogen-bond donors (Lipinski definition) is 2. The summed E-state index contributed by atoms with van der Waals surface area (Å²) < 4.78 is 5.85. The van der Waals surface area contributed by atoms with E-state index in [0.29, 0.717) is 5.56 Å². The molecule has 0 aliphatic heterocycles. The van der Waals surface area contributed by atoms with Crippen molar-refractivity contribution in [2.75, 3.05) is 17.3 Å². The van der Waals surface area contributed by atoms with Crippen LogP contribution in [0.25, 0.3) is 0 Å². The lowest BCUT2D eigenvalue weighted by molar-refractivity contribution is 0.101. The number of hydrogen-bond acceptors (Lipinski definition) is 8. The Kier molecular flexibility index (Phi) is 6.09. The highest BCUT2D eigenvalue weighted by Gasteiger charge is 2.27. The molecule has 0 saturated carbocycles. The number of anilines is 2. The van der Waals surface area contributed by atoms with Crippen molar-refractivity contribution in [3.05, 3.63) is 99.8 Å². The molecule has 0 aliphatic rings. The van der Waals surface area contributed by atoms with Crippen molar-refractivity contribution >= 4 is 17.5 Å². The molecule has 10 heteroatoms. The van der Waals surface area contributed by atoms with Gasteiger partial charge < -0.3 is 19.8 Å². The van der Waals surface area contributed by atoms with Crippen molar-refractivity contribution in [3.8, 4) is 11.8 Å². The minimum Gasteiger partial charge on any atom is -0.501 e. The Balaban J connectivity index is 1.83. The molecule has 10 nitrogen and oxygen atoms in total. The molecule has 0 radical (unpaired) electrons. The molecule has 1 atom stereocenters. The Morgan fingerprint density at radius 2 is 1.94 bits per heavy atom. The van der Waals surface area contributed by atoms with Gasteiger partial charge in [-0.25, -0.2) is 4.98 Å². The van der Waals surface area contributed by atoms with E-state index >= 15 is 0 Å². The summed E-state index contributed by atoms with van der Waals surface area (Å²) in [6.45, 7) is 0. The second kappa shape index (κ2) is 9.30. The van der Waals surface area contributed by atoms with Gasteiger partial charge in [0.25, 0.3) is 11.5 Å². The van der Waals surface area contributed by atoms with Crippen LogP contribution in [0.15, 0.2) is 76.4 Å². The minimum absolute atomic E-state index is 0.134. The Labute approximate surface area is 194 Å². The van der Waals surface area contributed by atoms with E-state index in [1.54, 1.807) is 30.1 Å². The van der Waals surface area contributed by atoms with E-state index in [1.807, 2.05) is 36.4 Å². The topological polar surface area (TPSA) is 137 Å². The van der Waals surface area contributed by atoms with Gasteiger partial charge in [0.05, 0.1) is 23.9 Å². The number of aromatic nitrogens is 3. The van der Waals surface area contributed by atoms with Crippen LogP contribution < -0.4 is 15.8 Å². The van der Waals surface area contributed by atoms with E-state index in [9.17, 15) is 20.0 Å². The van der Waals surface area contributed by atoms with Crippen LogP contribution in [0, 0.1) is 11.3 Å². The molecular weight excluding hydrogens is 436 g/mol. The van der Waals surface area contributed by atoms with Crippen LogP contribution in [-0.2, 0) is 7.05 Å². The predicted octanol–water partition coefficient (Wildman–Crippen LogP) is 2.82. The first-order valence-electron chi connectivity index (χ1n) is 10.2. The van der Waals surface area contributed by atoms with Crippen LogP contribution in [0.3, 0.4) is 0 Å². The lowest BCUT2D eigenvalue weighted by Gasteiger charge is -2.31. The SMILES string of the molecule is CN(c1nc(C(=O)Nc2cnoc2)c(O)c(=O)n1C)C(c1ccccc1)c1cccc(C#N)c1. The lowest BCUT2D eigenvalue weighted by Crippen LogP contribution is -2.34. The van der Waals surface area contributed by atoms with Gasteiger partial charge in [0.2, 0.25) is 11.7 Å². The highest BCUT2D eigenvalue weighted by atomic mass is 16.5. The number of carbonyl (C=O) groups excluding carboxylic acids is 1. The van der Waals surface area contributed by atoms with Gasteiger partial charge in [-0.3, -0.25) is 14.2 Å². The maximum Gasteiger partial charge on any atom is 0.297 e. The molecule has 1 unspecified atom stereocenters. The van der Waals surface area contributed by atoms with Gasteiger partial charge in [-0.2, -0.15) is 5.26 Å². The number of nitrogens with zero attached hydrogens (tertiary/aromatic N) is 5. The number of nitriles is 1. The fourth-order valence-corrected chi connectivity index (χ4v) is 3.68. The summed E-state index contributed by atoms with van der Waals surface area (Å²) in [5, 5.41) is 25.7. The first-order chi connectivity index (χ1) is 16.4. The third-order valence-corrected chi connectivity index (χ3v) is 5.30. The molecule has 0 bridgehead atoms. The van der Waals surface area contributed by atoms with Gasteiger partial charge in [0, 0.05) is 14.1 Å². The third kappa shape index (κ3) is 4.22. The molecule has 2 aromatic heterocycles. The Hall–Kier alpha value is -4.91. The van der Waals surface area contributed by atoms with E-state index in [0.717, 1.165) is 15.7 Å². The fourth-order valence-electron chi connectivity index (χ4n) is 3.68. The van der Waals surface area contributed by atoms with E-state index in [2.05, 4.69) is 26.0 Å². The number of carbonyl (C=O) groups is 1. The summed E-state index contributed by atoms with van der Waals surface area (Å²) in [6, 6.07) is 18.3. The molecule has 2 heterocycles. The van der Waals surface area contributed by atoms with Crippen LogP contribution in [0.2, 0.25) is 0 Å². The molecule has 0 spiro atoms. The van der Waals surface area contributed by atoms with Gasteiger partial charge in [0.15, 0.2) is 5.69 Å². The van der Waals surface area contributed by atoms with Crippen molar-refractivity contribution in [2.24, 2.45) is 7.05 Å². The number of benzene rings is 2. The normalized spacial score (nSPS) is 11.4. The summed E-state index contributed by atoms with van der Waals surface area (Å²) in [5.74, 6) is -1.44. The van der Waals surface area contributed by atoms with Gasteiger partial charge in [0.1, 0.15) is 12.0 Å². The van der Waals surface area contributed by atoms with Crippen molar-refractivity contribution in [1.82, 2.24) is 14.7 Å². The molecular formula is C24H20N6O4. The predicted molar refractivity (Wildman–Crippen MR) is 123 cm³/mol. The van der Waals surface area contributed by atoms with Crippen molar-refractivity contribution in [3.63, 3.8) is 0 Å². The van der Waals surface area contributed by atoms with E-state index in [4.69, 9.17) is 0 Å². The largest absolute Gasteiger partial charge is 0.501 e. The quantitative estimate of drug-likeness (QED) is 0.452. The highest BCUT2D eigenvalue weighted by Crippen LogP contribution is 2.31. The maximum atomic E-state index is 12.8. The highest BCUT2D eigenvalue weighted by molar-refractivity contribution is 6.04. The number of amides is 1. The van der Waals surface area contributed by atoms with Gasteiger partial charge in [-0.1, -0.05) is 47.6 Å². The van der Waals surface area contributed by atoms with Crippen LogP contribution in [0.4, 0.5) is 11.6 Å². The molecule has 34 heavy (non-hydrogen) atoms. The average molecular weight is 456 g/mol. The zero-order valence-electron chi connectivity index (χ0n) is 18.3. The number of aromatic hydroxyl groups is 1. The smallest absolute Gasteiger partial charge is 0.297 e. The molecule has 4 aromatic rings. The van der Waals surface area contributed by atoms with Gasteiger partial charge in [-0.05, 0) is 23.3 Å². The molecule has 2 N–H and O–H groups in total. The Morgan fingerprint density at radius 1 is 1.21 bits per heavy atom. The van der Waals surface area contributed by atoms with Crippen molar-refractivity contribution < 1.29 is 14.4 Å². The van der Waals surface area contributed by atoms with E-state index in [1.165, 1.54) is 19.5 Å². The fraction of sp³-hybridized carbons (Fsp3) is 0.125. The molecule has 1 amide bonds. The lowest BCUT2D eigenvalue weighted by atomic mass is 9.96. The van der Waals surface area contributed by atoms with Crippen LogP contribution in [0.1, 0.15) is 33.2 Å². The average Bonchev–Trinajstić information content (AvgIpc) is 3.36. The Bertz CT molecular complexity index is 1420. The second-order valence-corrected chi connectivity index (χ2v) is 7.50. The molecule has 4 rings (SSSR count). The zero-order chi connectivity index (χ0) is 24.2. The summed E-state index contributed by atoms with van der Waals surface area (Å²) in [4.78, 5) is 31.6. The van der Waals surface area contributed by atoms with Crippen LogP contribution in [0.5, 0.6) is 5.75 Å². The standard InChI is InChI=1S/C24H20N6O4/c1-29(20(16-8-4-3-5-9-16)17-10-6-7-15(11-17)12-25)24-28-19(21(31)23(33)30(24)2)22(32)27-18-13-26-34-14-18/h3-11,13-14,20,31H,1-2H3,(H,27,32). The summed E-state index contributed by atoms with van der Waals surface area (Å²) in [5.41, 5.74) is 1.16. The number of rotatable bonds is 6. The second-order valence-electron chi connectivity index (χ2n) is 7.50. The molecule has 170 valence electrons. The van der Waals surface area contributed by atoms with Gasteiger partial charge >= 0.3 is 0 Å². The van der Waals surface area contributed by atoms with Gasteiger partial charge in [-0.15, -0.1) is 0 Å². The molecule has 0 saturated heterocycles. The first-order valence-corrected chi connectivity index (χ1v) is 10.2. The summed E-state index contributed by atoms with van der Waals surface area (Å²) >= 11 is 0. The maximum absolute atomic E-state index is 12.8. The van der Waals surface area contributed by atoms with Crippen LogP contribution in [-0.4, -0.2) is 32.8 Å².